The van der Waals surface area contributed by atoms with E-state index >= 15 is 0 Å². The van der Waals surface area contributed by atoms with Gasteiger partial charge in [-0.05, 0) is 19.9 Å². The highest BCUT2D eigenvalue weighted by Gasteiger charge is 2.15. The van der Waals surface area contributed by atoms with E-state index in [2.05, 4.69) is 4.98 Å². The van der Waals surface area contributed by atoms with Crippen molar-refractivity contribution in [2.75, 3.05) is 18.8 Å². The van der Waals surface area contributed by atoms with E-state index in [4.69, 9.17) is 17.3 Å². The molecule has 0 radical (unpaired) electrons. The van der Waals surface area contributed by atoms with Gasteiger partial charge in [0.2, 0.25) is 0 Å². The predicted molar refractivity (Wildman–Crippen MR) is 60.9 cm³/mol. The van der Waals surface area contributed by atoms with Gasteiger partial charge in [0.15, 0.2) is 0 Å². The van der Waals surface area contributed by atoms with Crippen LogP contribution in [-0.4, -0.2) is 28.9 Å². The molecule has 2 N–H and O–H groups in total. The first-order valence-corrected chi connectivity index (χ1v) is 5.18. The molecule has 0 atom stereocenters. The number of amides is 1. The number of hydrogen-bond donors (Lipinski definition) is 1. The molecule has 0 aliphatic heterocycles. The number of anilines is 1. The minimum Gasteiger partial charge on any atom is -0.397 e. The highest BCUT2D eigenvalue weighted by Crippen LogP contribution is 2.16. The Bertz CT molecular complexity index is 364. The molecule has 4 nitrogen and oxygen atoms in total. The normalized spacial score (nSPS) is 10.1. The van der Waals surface area contributed by atoms with Gasteiger partial charge in [-0.1, -0.05) is 11.6 Å². The zero-order valence-electron chi connectivity index (χ0n) is 8.83. The second kappa shape index (κ2) is 4.98. The molecular weight excluding hydrogens is 214 g/mol. The van der Waals surface area contributed by atoms with Crippen molar-refractivity contribution in [2.45, 2.75) is 13.8 Å². The third-order valence-corrected chi connectivity index (χ3v) is 2.39. The average Bonchev–Trinajstić information content (AvgIpc) is 2.23. The number of carbonyl (C=O) groups excluding carboxylic acids is 1. The third kappa shape index (κ3) is 2.59. The first kappa shape index (κ1) is 11.8. The van der Waals surface area contributed by atoms with Crippen molar-refractivity contribution in [1.82, 2.24) is 9.88 Å². The maximum atomic E-state index is 11.9. The van der Waals surface area contributed by atoms with E-state index in [0.717, 1.165) is 0 Å². The molecule has 0 spiro atoms. The van der Waals surface area contributed by atoms with Gasteiger partial charge in [-0.25, -0.2) is 4.98 Å². The summed E-state index contributed by atoms with van der Waals surface area (Å²) in [4.78, 5) is 17.4. The standard InChI is InChI=1S/C10H14ClN3O/c1-3-14(4-2)10(15)7-5-9(11)13-6-8(7)12/h5-6H,3-4,12H2,1-2H3. The van der Waals surface area contributed by atoms with Crippen molar-refractivity contribution < 1.29 is 4.79 Å². The summed E-state index contributed by atoms with van der Waals surface area (Å²) in [6.45, 7) is 5.13. The fraction of sp³-hybridized carbons (Fsp3) is 0.400. The summed E-state index contributed by atoms with van der Waals surface area (Å²) in [5.41, 5.74) is 6.44. The Morgan fingerprint density at radius 3 is 2.67 bits per heavy atom. The molecule has 1 amide bonds. The summed E-state index contributed by atoms with van der Waals surface area (Å²) in [6.07, 6.45) is 1.40. The largest absolute Gasteiger partial charge is 0.397 e. The monoisotopic (exact) mass is 227 g/mol. The molecule has 0 fully saturated rings. The zero-order chi connectivity index (χ0) is 11.4. The van der Waals surface area contributed by atoms with Crippen LogP contribution in [0.3, 0.4) is 0 Å². The average molecular weight is 228 g/mol. The lowest BCUT2D eigenvalue weighted by molar-refractivity contribution is 0.0774. The van der Waals surface area contributed by atoms with Crippen molar-refractivity contribution >= 4 is 23.2 Å². The van der Waals surface area contributed by atoms with Crippen molar-refractivity contribution in [3.8, 4) is 0 Å². The Morgan fingerprint density at radius 2 is 2.13 bits per heavy atom. The fourth-order valence-electron chi connectivity index (χ4n) is 1.31. The molecule has 1 aromatic heterocycles. The molecule has 0 saturated carbocycles. The van der Waals surface area contributed by atoms with E-state index in [-0.39, 0.29) is 11.1 Å². The van der Waals surface area contributed by atoms with Gasteiger partial charge in [0.1, 0.15) is 5.15 Å². The molecule has 1 rings (SSSR count). The number of hydrogen-bond acceptors (Lipinski definition) is 3. The smallest absolute Gasteiger partial charge is 0.256 e. The van der Waals surface area contributed by atoms with Crippen molar-refractivity contribution in [1.29, 1.82) is 0 Å². The van der Waals surface area contributed by atoms with Crippen LogP contribution in [0.4, 0.5) is 5.69 Å². The van der Waals surface area contributed by atoms with Gasteiger partial charge in [-0.2, -0.15) is 0 Å². The number of rotatable bonds is 3. The Balaban J connectivity index is 3.04. The maximum absolute atomic E-state index is 11.9. The van der Waals surface area contributed by atoms with Gasteiger partial charge in [0.05, 0.1) is 17.4 Å². The molecule has 0 aliphatic rings. The van der Waals surface area contributed by atoms with E-state index in [1.807, 2.05) is 13.8 Å². The zero-order valence-corrected chi connectivity index (χ0v) is 9.58. The van der Waals surface area contributed by atoms with E-state index in [0.29, 0.717) is 24.3 Å². The Labute approximate surface area is 94.0 Å². The van der Waals surface area contributed by atoms with E-state index in [1.54, 1.807) is 4.90 Å². The SMILES string of the molecule is CCN(CC)C(=O)c1cc(Cl)ncc1N. The molecular formula is C10H14ClN3O. The van der Waals surface area contributed by atoms with Gasteiger partial charge < -0.3 is 10.6 Å². The number of nitrogens with two attached hydrogens (primary N) is 1. The molecule has 0 bridgehead atoms. The number of nitrogens with zero attached hydrogens (tertiary/aromatic N) is 2. The van der Waals surface area contributed by atoms with E-state index in [1.165, 1.54) is 12.3 Å². The van der Waals surface area contributed by atoms with Crippen LogP contribution < -0.4 is 5.73 Å². The van der Waals surface area contributed by atoms with Crippen molar-refractivity contribution in [3.63, 3.8) is 0 Å². The van der Waals surface area contributed by atoms with E-state index < -0.39 is 0 Å². The predicted octanol–water partition coefficient (Wildman–Crippen LogP) is 1.80. The van der Waals surface area contributed by atoms with Crippen molar-refractivity contribution in [3.05, 3.63) is 23.0 Å². The fourth-order valence-corrected chi connectivity index (χ4v) is 1.46. The van der Waals surface area contributed by atoms with Crippen LogP contribution >= 0.6 is 11.6 Å². The number of halogens is 1. The molecule has 0 saturated heterocycles. The van der Waals surface area contributed by atoms with Crippen LogP contribution in [0.15, 0.2) is 12.3 Å². The Kier molecular flexibility index (Phi) is 3.91. The van der Waals surface area contributed by atoms with Gasteiger partial charge in [-0.15, -0.1) is 0 Å². The topological polar surface area (TPSA) is 59.2 Å². The lowest BCUT2D eigenvalue weighted by Crippen LogP contribution is -2.31. The Hall–Kier alpha value is -1.29. The highest BCUT2D eigenvalue weighted by molar-refractivity contribution is 6.29. The summed E-state index contributed by atoms with van der Waals surface area (Å²) in [5, 5.41) is 0.278. The molecule has 0 unspecified atom stereocenters. The highest BCUT2D eigenvalue weighted by atomic mass is 35.5. The summed E-state index contributed by atoms with van der Waals surface area (Å²) >= 11 is 5.71. The maximum Gasteiger partial charge on any atom is 0.256 e. The second-order valence-corrected chi connectivity index (χ2v) is 3.46. The molecule has 1 aromatic rings. The second-order valence-electron chi connectivity index (χ2n) is 3.07. The lowest BCUT2D eigenvalue weighted by Gasteiger charge is -2.19. The van der Waals surface area contributed by atoms with E-state index in [9.17, 15) is 4.79 Å². The number of aromatic nitrogens is 1. The van der Waals surface area contributed by atoms with Gasteiger partial charge in [0, 0.05) is 13.1 Å². The molecule has 0 aliphatic carbocycles. The van der Waals surface area contributed by atoms with Crippen LogP contribution in [0.5, 0.6) is 0 Å². The quantitative estimate of drug-likeness (QED) is 0.801. The van der Waals surface area contributed by atoms with Crippen LogP contribution in [0.2, 0.25) is 5.15 Å². The van der Waals surface area contributed by atoms with Crippen molar-refractivity contribution in [2.24, 2.45) is 0 Å². The van der Waals surface area contributed by atoms with Crippen LogP contribution in [0, 0.1) is 0 Å². The van der Waals surface area contributed by atoms with Crippen LogP contribution in [0.25, 0.3) is 0 Å². The molecule has 15 heavy (non-hydrogen) atoms. The summed E-state index contributed by atoms with van der Waals surface area (Å²) in [6, 6.07) is 1.50. The molecule has 1 heterocycles. The number of nitrogen functional groups attached to an aromatic ring is 1. The minimum atomic E-state index is -0.109. The molecule has 5 heteroatoms. The van der Waals surface area contributed by atoms with Crippen LogP contribution in [0.1, 0.15) is 24.2 Å². The number of carbonyl (C=O) groups is 1. The minimum absolute atomic E-state index is 0.109. The molecule has 82 valence electrons. The first-order chi connectivity index (χ1) is 7.10. The third-order valence-electron chi connectivity index (χ3n) is 2.18. The summed E-state index contributed by atoms with van der Waals surface area (Å²) < 4.78 is 0. The van der Waals surface area contributed by atoms with Gasteiger partial charge in [0.25, 0.3) is 5.91 Å². The summed E-state index contributed by atoms with van der Waals surface area (Å²) in [5.74, 6) is -0.109. The Morgan fingerprint density at radius 1 is 1.53 bits per heavy atom. The summed E-state index contributed by atoms with van der Waals surface area (Å²) in [7, 11) is 0. The van der Waals surface area contributed by atoms with Crippen LogP contribution in [-0.2, 0) is 0 Å². The van der Waals surface area contributed by atoms with Gasteiger partial charge >= 0.3 is 0 Å². The molecule has 0 aromatic carbocycles. The lowest BCUT2D eigenvalue weighted by atomic mass is 10.2. The first-order valence-electron chi connectivity index (χ1n) is 4.80. The number of pyridine rings is 1. The van der Waals surface area contributed by atoms with Gasteiger partial charge in [-0.3, -0.25) is 4.79 Å².